The molecular formula is C71H136O5. The third kappa shape index (κ3) is 64.9. The summed E-state index contributed by atoms with van der Waals surface area (Å²) in [6.45, 7) is 4.20. The van der Waals surface area contributed by atoms with Crippen molar-refractivity contribution in [3.63, 3.8) is 0 Å². The van der Waals surface area contributed by atoms with Crippen molar-refractivity contribution < 1.29 is 24.2 Å². The predicted octanol–water partition coefficient (Wildman–Crippen LogP) is 24.0. The Labute approximate surface area is 476 Å². The van der Waals surface area contributed by atoms with E-state index in [0.29, 0.717) is 12.8 Å². The summed E-state index contributed by atoms with van der Waals surface area (Å²) < 4.78 is 10.8. The van der Waals surface area contributed by atoms with Crippen molar-refractivity contribution in [3.05, 3.63) is 24.3 Å². The van der Waals surface area contributed by atoms with Gasteiger partial charge in [-0.15, -0.1) is 0 Å². The molecule has 0 aliphatic heterocycles. The molecular weight excluding hydrogens is 933 g/mol. The van der Waals surface area contributed by atoms with Crippen molar-refractivity contribution in [1.82, 2.24) is 0 Å². The van der Waals surface area contributed by atoms with Gasteiger partial charge in [0.1, 0.15) is 6.61 Å². The van der Waals surface area contributed by atoms with Crippen LogP contribution in [0.1, 0.15) is 399 Å². The van der Waals surface area contributed by atoms with Gasteiger partial charge in [0.25, 0.3) is 0 Å². The van der Waals surface area contributed by atoms with Gasteiger partial charge in [-0.3, -0.25) is 9.59 Å². The molecule has 0 amide bonds. The summed E-state index contributed by atoms with van der Waals surface area (Å²) in [6.07, 6.45) is 87.9. The summed E-state index contributed by atoms with van der Waals surface area (Å²) in [6, 6.07) is 0. The minimum atomic E-state index is -0.767. The van der Waals surface area contributed by atoms with E-state index in [1.807, 2.05) is 0 Å². The molecule has 76 heavy (non-hydrogen) atoms. The Morgan fingerprint density at radius 2 is 0.526 bits per heavy atom. The van der Waals surface area contributed by atoms with E-state index in [1.54, 1.807) is 0 Å². The number of hydrogen-bond acceptors (Lipinski definition) is 5. The van der Waals surface area contributed by atoms with Crippen LogP contribution in [0.5, 0.6) is 0 Å². The quantitative estimate of drug-likeness (QED) is 0.0373. The Morgan fingerprint density at radius 1 is 0.303 bits per heavy atom. The third-order valence-corrected chi connectivity index (χ3v) is 16.2. The maximum atomic E-state index is 12.4. The van der Waals surface area contributed by atoms with Crippen LogP contribution in [0.3, 0.4) is 0 Å². The van der Waals surface area contributed by atoms with Crippen LogP contribution < -0.4 is 0 Å². The van der Waals surface area contributed by atoms with E-state index in [2.05, 4.69) is 38.2 Å². The molecule has 0 heterocycles. The van der Waals surface area contributed by atoms with Crippen molar-refractivity contribution >= 4 is 11.9 Å². The first-order valence-corrected chi connectivity index (χ1v) is 34.9. The highest BCUT2D eigenvalue weighted by Gasteiger charge is 2.16. The highest BCUT2D eigenvalue weighted by Crippen LogP contribution is 2.19. The number of aliphatic hydroxyl groups is 1. The minimum Gasteiger partial charge on any atom is -0.462 e. The van der Waals surface area contributed by atoms with E-state index in [1.165, 1.54) is 334 Å². The van der Waals surface area contributed by atoms with E-state index in [9.17, 15) is 14.7 Å². The summed E-state index contributed by atoms with van der Waals surface area (Å²) in [5.41, 5.74) is 0. The molecule has 0 bridgehead atoms. The molecule has 1 N–H and O–H groups in total. The SMILES string of the molecule is CCCCCCC/C=C\C/C=C\CCCCCCCCCCCCCCCCCCCCCCCCCCCC(=O)OC(CO)COC(=O)CCCCCCCCCCCCCCCCCCCCCCCCCCC. The van der Waals surface area contributed by atoms with Crippen LogP contribution in [0.15, 0.2) is 24.3 Å². The fraction of sp³-hybridized carbons (Fsp3) is 0.915. The molecule has 1 atom stereocenters. The first kappa shape index (κ1) is 74.4. The fourth-order valence-corrected chi connectivity index (χ4v) is 11.0. The predicted molar refractivity (Wildman–Crippen MR) is 335 cm³/mol. The van der Waals surface area contributed by atoms with Crippen LogP contribution in [-0.2, 0) is 19.1 Å². The Hall–Kier alpha value is -1.62. The normalized spacial score (nSPS) is 12.2. The highest BCUT2D eigenvalue weighted by atomic mass is 16.6. The summed E-state index contributed by atoms with van der Waals surface area (Å²) in [4.78, 5) is 24.6. The third-order valence-electron chi connectivity index (χ3n) is 16.2. The van der Waals surface area contributed by atoms with Crippen molar-refractivity contribution in [2.45, 2.75) is 405 Å². The second-order valence-corrected chi connectivity index (χ2v) is 24.0. The van der Waals surface area contributed by atoms with E-state index in [-0.39, 0.29) is 25.2 Å². The molecule has 1 unspecified atom stereocenters. The number of rotatable bonds is 66. The van der Waals surface area contributed by atoms with E-state index in [0.717, 1.165) is 38.5 Å². The number of aliphatic hydroxyl groups excluding tert-OH is 1. The van der Waals surface area contributed by atoms with Gasteiger partial charge in [-0.05, 0) is 44.9 Å². The second-order valence-electron chi connectivity index (χ2n) is 24.0. The van der Waals surface area contributed by atoms with Gasteiger partial charge in [-0.25, -0.2) is 0 Å². The zero-order chi connectivity index (χ0) is 54.8. The van der Waals surface area contributed by atoms with E-state index in [4.69, 9.17) is 9.47 Å². The lowest BCUT2D eigenvalue weighted by Crippen LogP contribution is -2.28. The molecule has 0 spiro atoms. The lowest BCUT2D eigenvalue weighted by atomic mass is 10.0. The van der Waals surface area contributed by atoms with E-state index < -0.39 is 6.10 Å². The van der Waals surface area contributed by atoms with Crippen LogP contribution >= 0.6 is 0 Å². The van der Waals surface area contributed by atoms with Crippen molar-refractivity contribution in [2.75, 3.05) is 13.2 Å². The zero-order valence-corrected chi connectivity index (χ0v) is 51.8. The number of allylic oxidation sites excluding steroid dienone is 4. The average molecular weight is 1070 g/mol. The molecule has 0 aromatic carbocycles. The number of esters is 2. The highest BCUT2D eigenvalue weighted by molar-refractivity contribution is 5.70. The first-order chi connectivity index (χ1) is 37.6. The number of ether oxygens (including phenoxy) is 2. The Bertz CT molecular complexity index is 1160. The second kappa shape index (κ2) is 67.7. The average Bonchev–Trinajstić information content (AvgIpc) is 3.42. The molecule has 0 aliphatic carbocycles. The molecule has 0 rings (SSSR count). The topological polar surface area (TPSA) is 72.8 Å². The standard InChI is InChI=1S/C71H136O5/c1-3-5-7-9-11-13-15-17-19-21-23-25-27-29-30-31-32-33-34-35-36-37-38-39-40-42-44-46-48-50-52-54-56-58-60-62-64-66-71(74)76-69(67-72)68-75-70(73)65-63-61-59-57-55-53-51-49-47-45-43-41-28-26-24-22-20-18-16-14-12-10-8-6-4-2/h15,17,21,23,69,72H,3-14,16,18-20,22,24-68H2,1-2H3/b17-15-,23-21-. The van der Waals surface area contributed by atoms with Gasteiger partial charge >= 0.3 is 11.9 Å². The summed E-state index contributed by atoms with van der Waals surface area (Å²) >= 11 is 0. The Balaban J connectivity index is 3.36. The maximum absolute atomic E-state index is 12.4. The maximum Gasteiger partial charge on any atom is 0.306 e. The lowest BCUT2D eigenvalue weighted by Gasteiger charge is -2.15. The van der Waals surface area contributed by atoms with Crippen molar-refractivity contribution in [2.24, 2.45) is 0 Å². The molecule has 0 aromatic heterocycles. The Morgan fingerprint density at radius 3 is 0.776 bits per heavy atom. The molecule has 0 saturated carbocycles. The largest absolute Gasteiger partial charge is 0.462 e. The van der Waals surface area contributed by atoms with Crippen LogP contribution in [0.4, 0.5) is 0 Å². The van der Waals surface area contributed by atoms with E-state index >= 15 is 0 Å². The number of hydrogen-bond donors (Lipinski definition) is 1. The van der Waals surface area contributed by atoms with Crippen LogP contribution in [0, 0.1) is 0 Å². The van der Waals surface area contributed by atoms with Crippen LogP contribution in [-0.4, -0.2) is 36.4 Å². The van der Waals surface area contributed by atoms with Crippen LogP contribution in [0.2, 0.25) is 0 Å². The van der Waals surface area contributed by atoms with Gasteiger partial charge in [0, 0.05) is 12.8 Å². The van der Waals surface area contributed by atoms with Gasteiger partial charge in [0.2, 0.25) is 0 Å². The van der Waals surface area contributed by atoms with Gasteiger partial charge in [-0.1, -0.05) is 366 Å². The first-order valence-electron chi connectivity index (χ1n) is 34.9. The zero-order valence-electron chi connectivity index (χ0n) is 51.8. The molecule has 5 nitrogen and oxygen atoms in total. The molecule has 450 valence electrons. The monoisotopic (exact) mass is 1070 g/mol. The van der Waals surface area contributed by atoms with Gasteiger partial charge in [-0.2, -0.15) is 0 Å². The fourth-order valence-electron chi connectivity index (χ4n) is 11.0. The molecule has 0 fully saturated rings. The molecule has 0 aliphatic rings. The lowest BCUT2D eigenvalue weighted by molar-refractivity contribution is -0.161. The molecule has 0 radical (unpaired) electrons. The minimum absolute atomic E-state index is 0.0571. The van der Waals surface area contributed by atoms with Crippen LogP contribution in [0.25, 0.3) is 0 Å². The van der Waals surface area contributed by atoms with Gasteiger partial charge < -0.3 is 14.6 Å². The molecule has 5 heteroatoms. The van der Waals surface area contributed by atoms with Gasteiger partial charge in [0.05, 0.1) is 6.61 Å². The summed E-state index contributed by atoms with van der Waals surface area (Å²) in [5.74, 6) is -0.562. The molecule has 0 aromatic rings. The smallest absolute Gasteiger partial charge is 0.306 e. The van der Waals surface area contributed by atoms with Gasteiger partial charge in [0.15, 0.2) is 6.10 Å². The summed E-state index contributed by atoms with van der Waals surface area (Å²) in [5, 5.41) is 9.70. The van der Waals surface area contributed by atoms with Crippen molar-refractivity contribution in [1.29, 1.82) is 0 Å². The summed E-state index contributed by atoms with van der Waals surface area (Å²) in [7, 11) is 0. The molecule has 0 saturated heterocycles. The Kier molecular flexibility index (Phi) is 66.2. The number of unbranched alkanes of at least 4 members (excludes halogenated alkanes) is 54. The number of carbonyl (C=O) groups is 2. The number of carbonyl (C=O) groups excluding carboxylic acids is 2. The van der Waals surface area contributed by atoms with Crippen molar-refractivity contribution in [3.8, 4) is 0 Å².